The van der Waals surface area contributed by atoms with Gasteiger partial charge in [-0.15, -0.1) is 11.3 Å². The highest BCUT2D eigenvalue weighted by molar-refractivity contribution is 9.10. The molecule has 0 radical (unpaired) electrons. The van der Waals surface area contributed by atoms with Gasteiger partial charge in [0.1, 0.15) is 10.7 Å². The normalized spacial score (nSPS) is 12.7. The van der Waals surface area contributed by atoms with Crippen LogP contribution in [-0.4, -0.2) is 15.5 Å². The molecule has 0 aliphatic carbocycles. The van der Waals surface area contributed by atoms with Crippen LogP contribution in [0.15, 0.2) is 22.9 Å². The number of carbonyl (C=O) groups excluding carboxylic acids is 1. The van der Waals surface area contributed by atoms with Crippen molar-refractivity contribution in [3.8, 4) is 0 Å². The summed E-state index contributed by atoms with van der Waals surface area (Å²) < 4.78 is 2.87. The number of halogens is 1. The van der Waals surface area contributed by atoms with Gasteiger partial charge in [-0.2, -0.15) is 0 Å². The van der Waals surface area contributed by atoms with Crippen molar-refractivity contribution in [3.63, 3.8) is 0 Å². The molecule has 1 amide bonds. The van der Waals surface area contributed by atoms with Gasteiger partial charge in [0.25, 0.3) is 5.91 Å². The zero-order valence-electron chi connectivity index (χ0n) is 12.0. The van der Waals surface area contributed by atoms with E-state index in [9.17, 15) is 4.79 Å². The third-order valence-corrected chi connectivity index (χ3v) is 4.49. The largest absolute Gasteiger partial charge is 0.342 e. The zero-order chi connectivity index (χ0) is 14.9. The number of hydrogen-bond acceptors (Lipinski definition) is 3. The number of rotatable bonds is 4. The van der Waals surface area contributed by atoms with Crippen molar-refractivity contribution >= 4 is 33.2 Å². The minimum Gasteiger partial charge on any atom is -0.342 e. The summed E-state index contributed by atoms with van der Waals surface area (Å²) in [6.07, 6.45) is 3.76. The molecular weight excluding hydrogens is 338 g/mol. The van der Waals surface area contributed by atoms with Crippen molar-refractivity contribution in [3.05, 3.63) is 38.5 Å². The van der Waals surface area contributed by atoms with E-state index in [1.807, 2.05) is 36.9 Å². The van der Waals surface area contributed by atoms with Gasteiger partial charge in [-0.3, -0.25) is 4.79 Å². The zero-order valence-corrected chi connectivity index (χ0v) is 14.4. The maximum atomic E-state index is 12.4. The Hall–Kier alpha value is -1.14. The maximum absolute atomic E-state index is 12.4. The second-order valence-corrected chi connectivity index (χ2v) is 7.23. The average Bonchev–Trinajstić information content (AvgIpc) is 2.95. The number of nitrogens with one attached hydrogen (secondary N) is 1. The fourth-order valence-corrected chi connectivity index (χ4v) is 3.17. The van der Waals surface area contributed by atoms with Crippen molar-refractivity contribution in [1.29, 1.82) is 0 Å². The van der Waals surface area contributed by atoms with Crippen LogP contribution in [-0.2, 0) is 0 Å². The second kappa shape index (κ2) is 6.10. The van der Waals surface area contributed by atoms with Gasteiger partial charge < -0.3 is 9.88 Å². The van der Waals surface area contributed by atoms with Gasteiger partial charge in [0.05, 0.1) is 6.04 Å². The van der Waals surface area contributed by atoms with Crippen LogP contribution in [0.5, 0.6) is 0 Å². The van der Waals surface area contributed by atoms with Crippen LogP contribution in [0, 0.1) is 6.92 Å². The molecule has 0 saturated carbocycles. The summed E-state index contributed by atoms with van der Waals surface area (Å²) in [5.74, 6) is -0.0789. The molecule has 2 heterocycles. The molecule has 4 nitrogen and oxygen atoms in total. The predicted molar refractivity (Wildman–Crippen MR) is 85.2 cm³/mol. The Morgan fingerprint density at radius 2 is 2.15 bits per heavy atom. The first-order valence-corrected chi connectivity index (χ1v) is 8.10. The first-order chi connectivity index (χ1) is 9.38. The Morgan fingerprint density at radius 3 is 2.70 bits per heavy atom. The van der Waals surface area contributed by atoms with Crippen LogP contribution in [0.3, 0.4) is 0 Å². The fraction of sp³-hybridized carbons (Fsp3) is 0.429. The predicted octanol–water partition coefficient (Wildman–Crippen LogP) is 4.09. The summed E-state index contributed by atoms with van der Waals surface area (Å²) in [6.45, 7) is 8.07. The number of hydrogen-bond donors (Lipinski definition) is 1. The lowest BCUT2D eigenvalue weighted by Crippen LogP contribution is -2.28. The van der Waals surface area contributed by atoms with Gasteiger partial charge >= 0.3 is 0 Å². The van der Waals surface area contributed by atoms with Crippen LogP contribution < -0.4 is 5.32 Å². The third kappa shape index (κ3) is 3.30. The van der Waals surface area contributed by atoms with Gasteiger partial charge in [-0.1, -0.05) is 0 Å². The summed E-state index contributed by atoms with van der Waals surface area (Å²) in [4.78, 5) is 17.9. The molecule has 108 valence electrons. The van der Waals surface area contributed by atoms with E-state index in [1.54, 1.807) is 11.3 Å². The molecule has 1 N–H and O–H groups in total. The number of aryl methyl sites for hydroxylation is 1. The van der Waals surface area contributed by atoms with E-state index in [2.05, 4.69) is 40.1 Å². The van der Waals surface area contributed by atoms with E-state index in [-0.39, 0.29) is 18.0 Å². The standard InChI is InChI=1S/C14H18BrN3OS/c1-8(2)18-7-11(15)5-12(18)13(19)17-10(4)14-16-6-9(3)20-14/h5-8,10H,1-4H3,(H,17,19). The number of carbonyl (C=O) groups is 1. The van der Waals surface area contributed by atoms with Gasteiger partial charge in [0, 0.05) is 27.8 Å². The molecule has 0 fully saturated rings. The summed E-state index contributed by atoms with van der Waals surface area (Å²) >= 11 is 5.03. The van der Waals surface area contributed by atoms with E-state index in [0.29, 0.717) is 5.69 Å². The Labute approximate surface area is 131 Å². The molecule has 6 heteroatoms. The van der Waals surface area contributed by atoms with E-state index in [4.69, 9.17) is 0 Å². The van der Waals surface area contributed by atoms with Crippen LogP contribution in [0.4, 0.5) is 0 Å². The lowest BCUT2D eigenvalue weighted by molar-refractivity contribution is 0.0929. The Kier molecular flexibility index (Phi) is 4.65. The number of nitrogens with zero attached hydrogens (tertiary/aromatic N) is 2. The molecule has 0 aromatic carbocycles. The quantitative estimate of drug-likeness (QED) is 0.897. The lowest BCUT2D eigenvalue weighted by atomic mass is 10.3. The highest BCUT2D eigenvalue weighted by Gasteiger charge is 2.18. The van der Waals surface area contributed by atoms with Gasteiger partial charge in [0.2, 0.25) is 0 Å². The molecule has 0 aliphatic rings. The summed E-state index contributed by atoms with van der Waals surface area (Å²) in [5.41, 5.74) is 0.659. The van der Waals surface area contributed by atoms with E-state index < -0.39 is 0 Å². The summed E-state index contributed by atoms with van der Waals surface area (Å²) in [6, 6.07) is 1.99. The topological polar surface area (TPSA) is 46.9 Å². The number of amides is 1. The van der Waals surface area contributed by atoms with Crippen LogP contribution >= 0.6 is 27.3 Å². The van der Waals surface area contributed by atoms with Crippen LogP contribution in [0.1, 0.15) is 53.2 Å². The van der Waals surface area contributed by atoms with Crippen molar-refractivity contribution in [2.75, 3.05) is 0 Å². The number of thiazole rings is 1. The molecule has 0 spiro atoms. The molecule has 0 aliphatic heterocycles. The highest BCUT2D eigenvalue weighted by atomic mass is 79.9. The van der Waals surface area contributed by atoms with Crippen molar-refractivity contribution in [2.24, 2.45) is 0 Å². The van der Waals surface area contributed by atoms with E-state index in [0.717, 1.165) is 14.4 Å². The average molecular weight is 356 g/mol. The van der Waals surface area contributed by atoms with Crippen LogP contribution in [0.2, 0.25) is 0 Å². The molecule has 2 aromatic heterocycles. The van der Waals surface area contributed by atoms with E-state index in [1.165, 1.54) is 0 Å². The Balaban J connectivity index is 2.16. The lowest BCUT2D eigenvalue weighted by Gasteiger charge is -2.15. The molecule has 0 bridgehead atoms. The van der Waals surface area contributed by atoms with Gasteiger partial charge in [0.15, 0.2) is 0 Å². The van der Waals surface area contributed by atoms with Crippen molar-refractivity contribution in [2.45, 2.75) is 39.8 Å². The second-order valence-electron chi connectivity index (χ2n) is 5.05. The minimum absolute atomic E-state index is 0.0789. The van der Waals surface area contributed by atoms with Crippen molar-refractivity contribution < 1.29 is 4.79 Å². The SMILES string of the molecule is Cc1cnc(C(C)NC(=O)c2cc(Br)cn2C(C)C)s1. The Bertz CT molecular complexity index is 618. The summed E-state index contributed by atoms with van der Waals surface area (Å²) in [5, 5.41) is 3.93. The van der Waals surface area contributed by atoms with Gasteiger partial charge in [-0.05, 0) is 49.7 Å². The van der Waals surface area contributed by atoms with E-state index >= 15 is 0 Å². The van der Waals surface area contributed by atoms with Crippen molar-refractivity contribution in [1.82, 2.24) is 14.9 Å². The monoisotopic (exact) mass is 355 g/mol. The van der Waals surface area contributed by atoms with Gasteiger partial charge in [-0.25, -0.2) is 4.98 Å². The molecule has 2 rings (SSSR count). The molecular formula is C14H18BrN3OS. The smallest absolute Gasteiger partial charge is 0.268 e. The first kappa shape index (κ1) is 15.3. The molecule has 20 heavy (non-hydrogen) atoms. The summed E-state index contributed by atoms with van der Waals surface area (Å²) in [7, 11) is 0. The molecule has 1 unspecified atom stereocenters. The molecule has 2 aromatic rings. The van der Waals surface area contributed by atoms with Crippen LogP contribution in [0.25, 0.3) is 0 Å². The molecule has 0 saturated heterocycles. The number of aromatic nitrogens is 2. The fourth-order valence-electron chi connectivity index (χ4n) is 1.96. The highest BCUT2D eigenvalue weighted by Crippen LogP contribution is 2.22. The Morgan fingerprint density at radius 1 is 1.45 bits per heavy atom. The third-order valence-electron chi connectivity index (χ3n) is 2.96. The maximum Gasteiger partial charge on any atom is 0.268 e. The molecule has 1 atom stereocenters. The first-order valence-electron chi connectivity index (χ1n) is 6.49. The minimum atomic E-state index is -0.0875.